The third-order valence-electron chi connectivity index (χ3n) is 3.61. The Hall–Kier alpha value is -0.220. The highest BCUT2D eigenvalue weighted by Crippen LogP contribution is 2.10. The van der Waals surface area contributed by atoms with Gasteiger partial charge in [0.1, 0.15) is 0 Å². The molecule has 0 saturated carbocycles. The van der Waals surface area contributed by atoms with Gasteiger partial charge in [-0.3, -0.25) is 0 Å². The SMILES string of the molecule is CCOC(O)CCOCCC(CCOCCOCCOCC[P+](=O)O)OCC. The van der Waals surface area contributed by atoms with Gasteiger partial charge in [-0.25, -0.2) is 0 Å². The number of hydrogen-bond acceptors (Lipinski definition) is 8. The maximum atomic E-state index is 10.4. The van der Waals surface area contributed by atoms with Crippen molar-refractivity contribution in [2.24, 2.45) is 0 Å². The van der Waals surface area contributed by atoms with Gasteiger partial charge in [-0.05, 0) is 31.3 Å². The molecule has 0 aromatic carbocycles. The molecule has 0 aliphatic heterocycles. The molecule has 0 amide bonds. The molecule has 168 valence electrons. The van der Waals surface area contributed by atoms with Gasteiger partial charge in [-0.1, -0.05) is 0 Å². The van der Waals surface area contributed by atoms with Gasteiger partial charge in [-0.2, -0.15) is 4.89 Å². The number of rotatable bonds is 22. The summed E-state index contributed by atoms with van der Waals surface area (Å²) in [7, 11) is -2.12. The van der Waals surface area contributed by atoms with Crippen molar-refractivity contribution in [3.05, 3.63) is 0 Å². The van der Waals surface area contributed by atoms with E-state index in [2.05, 4.69) is 0 Å². The predicted octanol–water partition coefficient (Wildman–Crippen LogP) is 1.72. The summed E-state index contributed by atoms with van der Waals surface area (Å²) in [6.45, 7) is 8.59. The van der Waals surface area contributed by atoms with E-state index in [4.69, 9.17) is 33.3 Å². The lowest BCUT2D eigenvalue weighted by molar-refractivity contribution is -0.109. The van der Waals surface area contributed by atoms with Crippen LogP contribution in [0.4, 0.5) is 0 Å². The fourth-order valence-electron chi connectivity index (χ4n) is 2.22. The first-order valence-electron chi connectivity index (χ1n) is 9.95. The lowest BCUT2D eigenvalue weighted by atomic mass is 10.2. The van der Waals surface area contributed by atoms with Crippen molar-refractivity contribution in [3.63, 3.8) is 0 Å². The average molecular weight is 429 g/mol. The lowest BCUT2D eigenvalue weighted by Crippen LogP contribution is -2.20. The van der Waals surface area contributed by atoms with Crippen molar-refractivity contribution < 1.29 is 43.0 Å². The quantitative estimate of drug-likeness (QED) is 0.151. The molecule has 0 rings (SSSR count). The molecule has 10 heteroatoms. The van der Waals surface area contributed by atoms with Crippen molar-refractivity contribution in [2.45, 2.75) is 45.5 Å². The molecule has 0 bridgehead atoms. The summed E-state index contributed by atoms with van der Waals surface area (Å²) in [5, 5.41) is 9.44. The van der Waals surface area contributed by atoms with E-state index < -0.39 is 14.3 Å². The van der Waals surface area contributed by atoms with Crippen LogP contribution in [0, 0.1) is 0 Å². The summed E-state index contributed by atoms with van der Waals surface area (Å²) in [4.78, 5) is 8.61. The van der Waals surface area contributed by atoms with E-state index in [0.717, 1.165) is 12.8 Å². The maximum absolute atomic E-state index is 10.4. The van der Waals surface area contributed by atoms with E-state index in [0.29, 0.717) is 65.9 Å². The third-order valence-corrected chi connectivity index (χ3v) is 4.17. The van der Waals surface area contributed by atoms with Crippen LogP contribution < -0.4 is 0 Å². The minimum atomic E-state index is -2.12. The maximum Gasteiger partial charge on any atom is 0.507 e. The molecule has 0 spiro atoms. The van der Waals surface area contributed by atoms with E-state index in [-0.39, 0.29) is 18.9 Å². The first-order valence-corrected chi connectivity index (χ1v) is 11.4. The summed E-state index contributed by atoms with van der Waals surface area (Å²) in [5.41, 5.74) is 0. The van der Waals surface area contributed by atoms with Gasteiger partial charge < -0.3 is 33.5 Å². The Morgan fingerprint density at radius 3 is 1.71 bits per heavy atom. The average Bonchev–Trinajstić information content (AvgIpc) is 2.65. The first-order chi connectivity index (χ1) is 13.6. The highest BCUT2D eigenvalue weighted by molar-refractivity contribution is 7.38. The second kappa shape index (κ2) is 21.5. The van der Waals surface area contributed by atoms with Gasteiger partial charge in [-0.15, -0.1) is 0 Å². The standard InChI is InChI=1S/C18H37O9P/c1-3-26-17(5-8-22-10-7-18(19)27-4-2)6-9-23-11-12-24-13-14-25-15-16-28(20)21/h17-19H,3-16H2,1-2H3/p+1. The summed E-state index contributed by atoms with van der Waals surface area (Å²) in [5.74, 6) is 0. The molecule has 0 heterocycles. The molecule has 0 radical (unpaired) electrons. The number of aliphatic hydroxyl groups excluding tert-OH is 1. The predicted molar refractivity (Wildman–Crippen MR) is 105 cm³/mol. The Kier molecular flexibility index (Phi) is 21.3. The highest BCUT2D eigenvalue weighted by atomic mass is 31.1. The van der Waals surface area contributed by atoms with Crippen LogP contribution >= 0.6 is 8.03 Å². The van der Waals surface area contributed by atoms with Crippen molar-refractivity contribution in [1.29, 1.82) is 0 Å². The van der Waals surface area contributed by atoms with Crippen LogP contribution in [0.1, 0.15) is 33.1 Å². The molecule has 0 aromatic rings. The fourth-order valence-corrected chi connectivity index (χ4v) is 2.51. The number of aliphatic hydroxyl groups is 1. The highest BCUT2D eigenvalue weighted by Gasteiger charge is 2.10. The first kappa shape index (κ1) is 27.8. The van der Waals surface area contributed by atoms with Crippen molar-refractivity contribution in [1.82, 2.24) is 0 Å². The molecule has 0 aliphatic rings. The smallest absolute Gasteiger partial charge is 0.381 e. The third kappa shape index (κ3) is 20.5. The van der Waals surface area contributed by atoms with Gasteiger partial charge in [0.25, 0.3) is 0 Å². The van der Waals surface area contributed by atoms with E-state index in [1.165, 1.54) is 0 Å². The molecular weight excluding hydrogens is 391 g/mol. The van der Waals surface area contributed by atoms with Crippen LogP contribution in [0.5, 0.6) is 0 Å². The Morgan fingerprint density at radius 2 is 1.18 bits per heavy atom. The Balaban J connectivity index is 3.49. The zero-order chi connectivity index (χ0) is 20.9. The number of hydrogen-bond donors (Lipinski definition) is 2. The van der Waals surface area contributed by atoms with Gasteiger partial charge in [0.15, 0.2) is 6.29 Å². The summed E-state index contributed by atoms with van der Waals surface area (Å²) in [6.07, 6.45) is 1.48. The van der Waals surface area contributed by atoms with E-state index >= 15 is 0 Å². The van der Waals surface area contributed by atoms with Crippen LogP contribution in [0.2, 0.25) is 0 Å². The molecule has 2 N–H and O–H groups in total. The fraction of sp³-hybridized carbons (Fsp3) is 1.00. The summed E-state index contributed by atoms with van der Waals surface area (Å²) in [6, 6.07) is 0. The van der Waals surface area contributed by atoms with Crippen LogP contribution in [0.25, 0.3) is 0 Å². The van der Waals surface area contributed by atoms with E-state index in [9.17, 15) is 9.67 Å². The van der Waals surface area contributed by atoms with E-state index in [1.54, 1.807) is 0 Å². The van der Waals surface area contributed by atoms with E-state index in [1.807, 2.05) is 13.8 Å². The molecule has 9 nitrogen and oxygen atoms in total. The van der Waals surface area contributed by atoms with Gasteiger partial charge in [0, 0.05) is 32.8 Å². The molecule has 3 atom stereocenters. The normalized spacial score (nSPS) is 14.2. The monoisotopic (exact) mass is 429 g/mol. The molecule has 28 heavy (non-hydrogen) atoms. The minimum Gasteiger partial charge on any atom is -0.381 e. The topological polar surface area (TPSA) is 113 Å². The molecule has 0 aliphatic carbocycles. The Morgan fingerprint density at radius 1 is 0.714 bits per heavy atom. The van der Waals surface area contributed by atoms with Crippen LogP contribution in [-0.2, 0) is 33.0 Å². The van der Waals surface area contributed by atoms with Crippen LogP contribution in [0.15, 0.2) is 0 Å². The van der Waals surface area contributed by atoms with Crippen molar-refractivity contribution in [2.75, 3.05) is 72.2 Å². The van der Waals surface area contributed by atoms with Gasteiger partial charge in [0.05, 0.1) is 45.7 Å². The minimum absolute atomic E-state index is 0.0779. The molecule has 0 aromatic heterocycles. The van der Waals surface area contributed by atoms with Crippen molar-refractivity contribution >= 4 is 8.03 Å². The van der Waals surface area contributed by atoms with Gasteiger partial charge in [0.2, 0.25) is 6.16 Å². The lowest BCUT2D eigenvalue weighted by Gasteiger charge is -2.17. The summed E-state index contributed by atoms with van der Waals surface area (Å²) >= 11 is 0. The summed E-state index contributed by atoms with van der Waals surface area (Å²) < 4.78 is 42.7. The number of ether oxygens (including phenoxy) is 6. The molecular formula is C18H38O9P+. The Bertz CT molecular complexity index is 347. The molecule has 0 saturated heterocycles. The van der Waals surface area contributed by atoms with Crippen molar-refractivity contribution in [3.8, 4) is 0 Å². The second-order valence-corrected chi connectivity index (χ2v) is 7.03. The van der Waals surface area contributed by atoms with Crippen LogP contribution in [-0.4, -0.2) is 94.6 Å². The second-order valence-electron chi connectivity index (χ2n) is 5.88. The van der Waals surface area contributed by atoms with Gasteiger partial charge >= 0.3 is 8.03 Å². The largest absolute Gasteiger partial charge is 0.507 e. The van der Waals surface area contributed by atoms with Crippen LogP contribution in [0.3, 0.4) is 0 Å². The zero-order valence-corrected chi connectivity index (χ0v) is 18.1. The Labute approximate surface area is 169 Å². The molecule has 0 fully saturated rings. The zero-order valence-electron chi connectivity index (χ0n) is 17.3. The molecule has 3 unspecified atom stereocenters.